The zero-order valence-corrected chi connectivity index (χ0v) is 19.0. The molecule has 31 heavy (non-hydrogen) atoms. The first-order valence-corrected chi connectivity index (χ1v) is 10.5. The van der Waals surface area contributed by atoms with E-state index < -0.39 is 24.4 Å². The number of pyridine rings is 1. The highest BCUT2D eigenvalue weighted by atomic mass is 16.5. The van der Waals surface area contributed by atoms with Crippen molar-refractivity contribution in [3.8, 4) is 5.75 Å². The van der Waals surface area contributed by atoms with Crippen LogP contribution in [0.2, 0.25) is 0 Å². The molecule has 1 aliphatic rings. The molecular formula is C24H32N2O5. The first kappa shape index (κ1) is 23.2. The maximum Gasteiger partial charge on any atom is 0.254 e. The number of carbonyl (C=O) groups is 1. The molecule has 0 saturated carbocycles. The van der Waals surface area contributed by atoms with Gasteiger partial charge in [0.25, 0.3) is 5.91 Å². The van der Waals surface area contributed by atoms with Crippen LogP contribution in [0.1, 0.15) is 55.2 Å². The number of anilines is 1. The van der Waals surface area contributed by atoms with Crippen molar-refractivity contribution in [1.82, 2.24) is 4.98 Å². The predicted octanol–water partition coefficient (Wildman–Crippen LogP) is 3.27. The number of methoxy groups -OCH3 is 1. The molecule has 7 heteroatoms. The summed E-state index contributed by atoms with van der Waals surface area (Å²) in [6, 6.07) is 7.30. The number of aromatic nitrogens is 1. The maximum absolute atomic E-state index is 13.3. The molecular weight excluding hydrogens is 396 g/mol. The summed E-state index contributed by atoms with van der Waals surface area (Å²) in [5.74, 6) is 0.409. The lowest BCUT2D eigenvalue weighted by Gasteiger charge is -2.26. The zero-order chi connectivity index (χ0) is 22.9. The first-order chi connectivity index (χ1) is 14.6. The van der Waals surface area contributed by atoms with E-state index >= 15 is 0 Å². The SMILES string of the molecule is COc1c([C@@H]2[C@@H](C(=O)Nc3ccc([C@@H](O)CO)nc3)OC(C)(C)[C@@H]2C)ccc(C)c1C. The largest absolute Gasteiger partial charge is 0.496 e. The topological polar surface area (TPSA) is 101 Å². The molecule has 1 aromatic heterocycles. The molecule has 0 aliphatic carbocycles. The van der Waals surface area contributed by atoms with Gasteiger partial charge in [-0.05, 0) is 56.9 Å². The minimum absolute atomic E-state index is 0.0689. The van der Waals surface area contributed by atoms with Crippen molar-refractivity contribution < 1.29 is 24.5 Å². The molecule has 1 aromatic carbocycles. The normalized spacial score (nSPS) is 23.4. The molecule has 3 N–H and O–H groups in total. The van der Waals surface area contributed by atoms with E-state index in [1.54, 1.807) is 19.2 Å². The third kappa shape index (κ3) is 4.44. The fraction of sp³-hybridized carbons (Fsp3) is 0.500. The van der Waals surface area contributed by atoms with Gasteiger partial charge < -0.3 is 25.0 Å². The summed E-state index contributed by atoms with van der Waals surface area (Å²) < 4.78 is 12.0. The van der Waals surface area contributed by atoms with Crippen LogP contribution in [0.15, 0.2) is 30.5 Å². The number of benzene rings is 1. The molecule has 1 fully saturated rings. The highest BCUT2D eigenvalue weighted by Crippen LogP contribution is 2.49. The Balaban J connectivity index is 1.91. The monoisotopic (exact) mass is 428 g/mol. The summed E-state index contributed by atoms with van der Waals surface area (Å²) in [5.41, 5.74) is 3.48. The Bertz CT molecular complexity index is 942. The third-order valence-corrected chi connectivity index (χ3v) is 6.49. The van der Waals surface area contributed by atoms with Gasteiger partial charge in [0, 0.05) is 11.5 Å². The van der Waals surface area contributed by atoms with Crippen LogP contribution >= 0.6 is 0 Å². The van der Waals surface area contributed by atoms with Gasteiger partial charge in [-0.3, -0.25) is 9.78 Å². The minimum Gasteiger partial charge on any atom is -0.496 e. The second-order valence-corrected chi connectivity index (χ2v) is 8.75. The van der Waals surface area contributed by atoms with E-state index in [4.69, 9.17) is 14.6 Å². The second-order valence-electron chi connectivity index (χ2n) is 8.75. The summed E-state index contributed by atoms with van der Waals surface area (Å²) in [6.07, 6.45) is -0.295. The fourth-order valence-corrected chi connectivity index (χ4v) is 4.18. The second kappa shape index (κ2) is 8.94. The van der Waals surface area contributed by atoms with Crippen molar-refractivity contribution in [3.63, 3.8) is 0 Å². The molecule has 0 radical (unpaired) electrons. The summed E-state index contributed by atoms with van der Waals surface area (Å²) in [7, 11) is 1.65. The maximum atomic E-state index is 13.3. The summed E-state index contributed by atoms with van der Waals surface area (Å²) in [4.78, 5) is 17.4. The lowest BCUT2D eigenvalue weighted by atomic mass is 9.77. The van der Waals surface area contributed by atoms with E-state index in [0.29, 0.717) is 11.4 Å². The van der Waals surface area contributed by atoms with Crippen LogP contribution < -0.4 is 10.1 Å². The Morgan fingerprint density at radius 3 is 2.58 bits per heavy atom. The van der Waals surface area contributed by atoms with Gasteiger partial charge in [0.1, 0.15) is 18.0 Å². The highest BCUT2D eigenvalue weighted by molar-refractivity contribution is 5.95. The van der Waals surface area contributed by atoms with E-state index in [9.17, 15) is 9.90 Å². The zero-order valence-electron chi connectivity index (χ0n) is 19.0. The number of nitrogens with one attached hydrogen (secondary N) is 1. The van der Waals surface area contributed by atoms with Crippen molar-refractivity contribution in [2.45, 2.75) is 58.3 Å². The number of aliphatic hydroxyl groups is 2. The molecule has 7 nitrogen and oxygen atoms in total. The summed E-state index contributed by atoms with van der Waals surface area (Å²) >= 11 is 0. The van der Waals surface area contributed by atoms with E-state index in [0.717, 1.165) is 22.4 Å². The van der Waals surface area contributed by atoms with Crippen molar-refractivity contribution >= 4 is 11.6 Å². The molecule has 168 valence electrons. The number of hydrogen-bond acceptors (Lipinski definition) is 6. The van der Waals surface area contributed by atoms with E-state index in [1.807, 2.05) is 33.8 Å². The standard InChI is InChI=1S/C24H32N2O5/c1-13-7-9-17(21(30-6)14(13)2)20-15(3)24(4,5)31-22(20)23(29)26-16-8-10-18(25-11-16)19(28)12-27/h7-11,15,19-20,22,27-28H,12H2,1-6H3,(H,26,29)/t15-,19+,20-,22+/m1/s1. The number of hydrogen-bond donors (Lipinski definition) is 3. The Hall–Kier alpha value is -2.48. The van der Waals surface area contributed by atoms with Gasteiger partial charge in [0.2, 0.25) is 0 Å². The van der Waals surface area contributed by atoms with Crippen molar-refractivity contribution in [2.75, 3.05) is 19.0 Å². The van der Waals surface area contributed by atoms with Crippen LogP contribution in [-0.4, -0.2) is 46.5 Å². The van der Waals surface area contributed by atoms with Crippen molar-refractivity contribution in [3.05, 3.63) is 52.8 Å². The van der Waals surface area contributed by atoms with Gasteiger partial charge in [0.05, 0.1) is 36.9 Å². The van der Waals surface area contributed by atoms with Gasteiger partial charge in [0.15, 0.2) is 0 Å². The fourth-order valence-electron chi connectivity index (χ4n) is 4.18. The van der Waals surface area contributed by atoms with Gasteiger partial charge in [-0.1, -0.05) is 19.1 Å². The van der Waals surface area contributed by atoms with Gasteiger partial charge in [-0.15, -0.1) is 0 Å². The van der Waals surface area contributed by atoms with Crippen LogP contribution in [0.5, 0.6) is 5.75 Å². The first-order valence-electron chi connectivity index (χ1n) is 10.5. The van der Waals surface area contributed by atoms with E-state index in [1.165, 1.54) is 6.20 Å². The van der Waals surface area contributed by atoms with Gasteiger partial charge >= 0.3 is 0 Å². The Morgan fingerprint density at radius 1 is 1.29 bits per heavy atom. The molecule has 0 spiro atoms. The van der Waals surface area contributed by atoms with Gasteiger partial charge in [-0.2, -0.15) is 0 Å². The number of amides is 1. The molecule has 2 heterocycles. The minimum atomic E-state index is -1.05. The Kier molecular flexibility index (Phi) is 6.69. The molecule has 4 atom stereocenters. The third-order valence-electron chi connectivity index (χ3n) is 6.49. The quantitative estimate of drug-likeness (QED) is 0.653. The van der Waals surface area contributed by atoms with Crippen molar-refractivity contribution in [2.24, 2.45) is 5.92 Å². The molecule has 3 rings (SSSR count). The Morgan fingerprint density at radius 2 is 2.00 bits per heavy atom. The summed E-state index contributed by atoms with van der Waals surface area (Å²) in [5, 5.41) is 21.6. The molecule has 0 bridgehead atoms. The smallest absolute Gasteiger partial charge is 0.254 e. The lowest BCUT2D eigenvalue weighted by Crippen LogP contribution is -2.33. The average Bonchev–Trinajstić information content (AvgIpc) is 2.99. The highest BCUT2D eigenvalue weighted by Gasteiger charge is 2.51. The molecule has 0 unspecified atom stereocenters. The number of aliphatic hydroxyl groups excluding tert-OH is 2. The van der Waals surface area contributed by atoms with Crippen LogP contribution in [-0.2, 0) is 9.53 Å². The van der Waals surface area contributed by atoms with Crippen LogP contribution in [0, 0.1) is 19.8 Å². The van der Waals surface area contributed by atoms with Crippen LogP contribution in [0.25, 0.3) is 0 Å². The number of rotatable bonds is 6. The number of aryl methyl sites for hydroxylation is 1. The lowest BCUT2D eigenvalue weighted by molar-refractivity contribution is -0.131. The van der Waals surface area contributed by atoms with Crippen molar-refractivity contribution in [1.29, 1.82) is 0 Å². The van der Waals surface area contributed by atoms with E-state index in [2.05, 4.69) is 23.3 Å². The van der Waals surface area contributed by atoms with Crippen LogP contribution in [0.3, 0.4) is 0 Å². The number of ether oxygens (including phenoxy) is 2. The predicted molar refractivity (Wildman–Crippen MR) is 118 cm³/mol. The molecule has 1 saturated heterocycles. The molecule has 2 aromatic rings. The number of carbonyl (C=O) groups excluding carboxylic acids is 1. The van der Waals surface area contributed by atoms with E-state index in [-0.39, 0.29) is 17.7 Å². The molecule has 1 aliphatic heterocycles. The van der Waals surface area contributed by atoms with Gasteiger partial charge in [-0.25, -0.2) is 0 Å². The summed E-state index contributed by atoms with van der Waals surface area (Å²) in [6.45, 7) is 9.73. The number of nitrogens with zero attached hydrogens (tertiary/aromatic N) is 1. The Labute approximate surface area is 183 Å². The van der Waals surface area contributed by atoms with Crippen LogP contribution in [0.4, 0.5) is 5.69 Å². The average molecular weight is 429 g/mol. The molecule has 1 amide bonds.